The lowest BCUT2D eigenvalue weighted by Crippen LogP contribution is -2.50. The molecule has 0 spiro atoms. The van der Waals surface area contributed by atoms with Gasteiger partial charge < -0.3 is 14.9 Å². The number of aryl methyl sites for hydroxylation is 1. The monoisotopic (exact) mass is 520 g/mol. The molecule has 0 aliphatic carbocycles. The van der Waals surface area contributed by atoms with E-state index in [9.17, 15) is 40.6 Å². The van der Waals surface area contributed by atoms with Gasteiger partial charge in [-0.05, 0) is 80.1 Å². The van der Waals surface area contributed by atoms with Crippen molar-refractivity contribution in [2.75, 3.05) is 13.6 Å². The number of likely N-dealkylation sites (tertiary alicyclic amines) is 1. The summed E-state index contributed by atoms with van der Waals surface area (Å²) in [6, 6.07) is 3.69. The van der Waals surface area contributed by atoms with Gasteiger partial charge in [0.25, 0.3) is 0 Å². The molecule has 0 saturated carbocycles. The van der Waals surface area contributed by atoms with E-state index in [0.717, 1.165) is 0 Å². The van der Waals surface area contributed by atoms with E-state index in [1.54, 1.807) is 13.0 Å². The van der Waals surface area contributed by atoms with E-state index in [1.165, 1.54) is 35.9 Å². The van der Waals surface area contributed by atoms with Gasteiger partial charge in [0, 0.05) is 19.6 Å². The summed E-state index contributed by atoms with van der Waals surface area (Å²) in [5.41, 5.74) is -1.79. The van der Waals surface area contributed by atoms with E-state index in [2.05, 4.69) is 0 Å². The number of halogens is 7. The first-order valence-electron chi connectivity index (χ1n) is 11.3. The maximum atomic E-state index is 13.6. The average molecular weight is 520 g/mol. The minimum absolute atomic E-state index is 0.0672. The van der Waals surface area contributed by atoms with Gasteiger partial charge >= 0.3 is 18.4 Å². The standard InChI is InChI=1S/C25H27F7N2O2/c1-14-8-19(26)4-5-21(14)22-13-20(35)6-7-34(22)23(36)33(3)15(2)9-16-10-17(24(27,28)29)12-18(11-16)25(30,31)32/h4-5,8,10-12,15,20,22,35H,6-7,9,13H2,1-3H3/t15?,20-,22+/m0/s1. The highest BCUT2D eigenvalue weighted by Crippen LogP contribution is 2.37. The van der Waals surface area contributed by atoms with Crippen molar-refractivity contribution in [1.29, 1.82) is 0 Å². The second-order valence-corrected chi connectivity index (χ2v) is 9.25. The van der Waals surface area contributed by atoms with Crippen molar-refractivity contribution in [3.05, 3.63) is 70.0 Å². The smallest absolute Gasteiger partial charge is 0.393 e. The highest BCUT2D eigenvalue weighted by atomic mass is 19.4. The minimum Gasteiger partial charge on any atom is -0.393 e. The van der Waals surface area contributed by atoms with Crippen LogP contribution >= 0.6 is 0 Å². The third-order valence-electron chi connectivity index (χ3n) is 6.55. The Kier molecular flexibility index (Phi) is 7.92. The minimum atomic E-state index is -4.96. The molecular weight excluding hydrogens is 493 g/mol. The molecule has 1 saturated heterocycles. The lowest BCUT2D eigenvalue weighted by molar-refractivity contribution is -0.143. The fourth-order valence-corrected chi connectivity index (χ4v) is 4.49. The summed E-state index contributed by atoms with van der Waals surface area (Å²) in [7, 11) is 1.42. The van der Waals surface area contributed by atoms with Gasteiger partial charge in [0.1, 0.15) is 5.82 Å². The van der Waals surface area contributed by atoms with Crippen molar-refractivity contribution >= 4 is 6.03 Å². The zero-order valence-electron chi connectivity index (χ0n) is 19.9. The van der Waals surface area contributed by atoms with Crippen molar-refractivity contribution in [1.82, 2.24) is 9.80 Å². The van der Waals surface area contributed by atoms with E-state index in [1.807, 2.05) is 0 Å². The molecule has 1 fully saturated rings. The molecule has 36 heavy (non-hydrogen) atoms. The Hall–Kier alpha value is -2.82. The summed E-state index contributed by atoms with van der Waals surface area (Å²) in [6.45, 7) is 3.39. The van der Waals surface area contributed by atoms with Crippen LogP contribution in [0.4, 0.5) is 35.5 Å². The van der Waals surface area contributed by atoms with Crippen molar-refractivity contribution in [2.45, 2.75) is 63.7 Å². The topological polar surface area (TPSA) is 43.8 Å². The second-order valence-electron chi connectivity index (χ2n) is 9.25. The van der Waals surface area contributed by atoms with Gasteiger partial charge in [0.05, 0.1) is 23.3 Å². The number of aliphatic hydroxyl groups excluding tert-OH is 1. The molecule has 11 heteroatoms. The molecule has 2 aromatic rings. The normalized spacial score (nSPS) is 19.8. The Morgan fingerprint density at radius 3 is 2.19 bits per heavy atom. The van der Waals surface area contributed by atoms with Gasteiger partial charge in [-0.15, -0.1) is 0 Å². The Labute approximate surface area is 204 Å². The number of nitrogens with zero attached hydrogens (tertiary/aromatic N) is 2. The number of carbonyl (C=O) groups excluding carboxylic acids is 1. The van der Waals surface area contributed by atoms with Crippen LogP contribution in [0.5, 0.6) is 0 Å². The third kappa shape index (κ3) is 6.29. The summed E-state index contributed by atoms with van der Waals surface area (Å²) < 4.78 is 92.9. The van der Waals surface area contributed by atoms with Crippen LogP contribution in [0.15, 0.2) is 36.4 Å². The number of amides is 2. The number of carbonyl (C=O) groups is 1. The van der Waals surface area contributed by atoms with Crippen LogP contribution < -0.4 is 0 Å². The first kappa shape index (κ1) is 27.8. The lowest BCUT2D eigenvalue weighted by Gasteiger charge is -2.42. The average Bonchev–Trinajstić information content (AvgIpc) is 2.76. The van der Waals surface area contributed by atoms with E-state index >= 15 is 0 Å². The number of hydrogen-bond acceptors (Lipinski definition) is 2. The molecule has 1 unspecified atom stereocenters. The molecule has 4 nitrogen and oxygen atoms in total. The molecule has 0 radical (unpaired) electrons. The van der Waals surface area contributed by atoms with Crippen LogP contribution in [0.2, 0.25) is 0 Å². The maximum Gasteiger partial charge on any atom is 0.416 e. The van der Waals surface area contributed by atoms with Crippen LogP contribution in [0.1, 0.15) is 53.6 Å². The summed E-state index contributed by atoms with van der Waals surface area (Å²) >= 11 is 0. The number of piperidine rings is 1. The maximum absolute atomic E-state index is 13.6. The molecule has 1 aliphatic rings. The van der Waals surface area contributed by atoms with Gasteiger partial charge in [0.15, 0.2) is 0 Å². The number of hydrogen-bond donors (Lipinski definition) is 1. The SMILES string of the molecule is Cc1cc(F)ccc1[C@H]1C[C@@H](O)CCN1C(=O)N(C)C(C)Cc1cc(C(F)(F)F)cc(C(F)(F)F)c1. The molecule has 3 atom stereocenters. The number of aliphatic hydroxyl groups is 1. The Bertz CT molecular complexity index is 1070. The number of alkyl halides is 6. The molecule has 0 aromatic heterocycles. The van der Waals surface area contributed by atoms with Crippen LogP contribution in [-0.2, 0) is 18.8 Å². The number of benzene rings is 2. The second kappa shape index (κ2) is 10.3. The summed E-state index contributed by atoms with van der Waals surface area (Å²) in [4.78, 5) is 16.1. The third-order valence-corrected chi connectivity index (χ3v) is 6.55. The lowest BCUT2D eigenvalue weighted by atomic mass is 9.91. The Balaban J connectivity index is 1.85. The van der Waals surface area contributed by atoms with Gasteiger partial charge in [0.2, 0.25) is 0 Å². The van der Waals surface area contributed by atoms with Crippen LogP contribution in [0.25, 0.3) is 0 Å². The summed E-state index contributed by atoms with van der Waals surface area (Å²) in [6.07, 6.45) is -10.3. The van der Waals surface area contributed by atoms with Crippen molar-refractivity contribution in [2.24, 2.45) is 0 Å². The van der Waals surface area contributed by atoms with Crippen molar-refractivity contribution in [3.8, 4) is 0 Å². The fraction of sp³-hybridized carbons (Fsp3) is 0.480. The zero-order chi connectivity index (χ0) is 27.0. The van der Waals surface area contributed by atoms with Gasteiger partial charge in [-0.1, -0.05) is 6.07 Å². The first-order valence-corrected chi connectivity index (χ1v) is 11.3. The van der Waals surface area contributed by atoms with Crippen LogP contribution in [-0.4, -0.2) is 46.7 Å². The molecule has 2 aromatic carbocycles. The fourth-order valence-electron chi connectivity index (χ4n) is 4.49. The van der Waals surface area contributed by atoms with Crippen LogP contribution in [0.3, 0.4) is 0 Å². The number of rotatable bonds is 4. The largest absolute Gasteiger partial charge is 0.416 e. The molecule has 1 N–H and O–H groups in total. The van der Waals surface area contributed by atoms with Crippen molar-refractivity contribution in [3.63, 3.8) is 0 Å². The van der Waals surface area contributed by atoms with E-state index in [-0.39, 0.29) is 31.0 Å². The molecule has 3 rings (SSSR count). The molecule has 2 amide bonds. The molecule has 0 bridgehead atoms. The Morgan fingerprint density at radius 2 is 1.67 bits per heavy atom. The van der Waals surface area contributed by atoms with Gasteiger partial charge in [-0.3, -0.25) is 0 Å². The predicted octanol–water partition coefficient (Wildman–Crippen LogP) is 6.35. The summed E-state index contributed by atoms with van der Waals surface area (Å²) in [5.74, 6) is -0.449. The molecular formula is C25H27F7N2O2. The Morgan fingerprint density at radius 1 is 1.08 bits per heavy atom. The van der Waals surface area contributed by atoms with Crippen molar-refractivity contribution < 1.29 is 40.6 Å². The van der Waals surface area contributed by atoms with Gasteiger partial charge in [-0.2, -0.15) is 26.3 Å². The number of likely N-dealkylation sites (N-methyl/N-ethyl adjacent to an activating group) is 1. The quantitative estimate of drug-likeness (QED) is 0.478. The highest BCUT2D eigenvalue weighted by Gasteiger charge is 2.38. The highest BCUT2D eigenvalue weighted by molar-refractivity contribution is 5.75. The zero-order valence-corrected chi connectivity index (χ0v) is 19.9. The first-order chi connectivity index (χ1) is 16.6. The number of urea groups is 1. The summed E-state index contributed by atoms with van der Waals surface area (Å²) in [5, 5.41) is 10.2. The van der Waals surface area contributed by atoms with E-state index in [4.69, 9.17) is 0 Å². The molecule has 1 aliphatic heterocycles. The van der Waals surface area contributed by atoms with Gasteiger partial charge in [-0.25, -0.2) is 9.18 Å². The molecule has 198 valence electrons. The molecule has 1 heterocycles. The predicted molar refractivity (Wildman–Crippen MR) is 119 cm³/mol. The van der Waals surface area contributed by atoms with Crippen LogP contribution in [0, 0.1) is 12.7 Å². The van der Waals surface area contributed by atoms with E-state index in [0.29, 0.717) is 29.7 Å². The van der Waals surface area contributed by atoms with E-state index < -0.39 is 53.5 Å².